The van der Waals surface area contributed by atoms with Gasteiger partial charge >= 0.3 is 0 Å². The minimum absolute atomic E-state index is 0.505. The molecule has 0 aliphatic carbocycles. The zero-order valence-corrected chi connectivity index (χ0v) is 14.6. The summed E-state index contributed by atoms with van der Waals surface area (Å²) in [6.45, 7) is 12.6. The second kappa shape index (κ2) is 7.61. The number of nitrogens with zero attached hydrogens (tertiary/aromatic N) is 3. The zero-order chi connectivity index (χ0) is 15.4. The van der Waals surface area contributed by atoms with Gasteiger partial charge in [0.15, 0.2) is 0 Å². The van der Waals surface area contributed by atoms with Crippen molar-refractivity contribution in [3.05, 3.63) is 16.4 Å². The van der Waals surface area contributed by atoms with Gasteiger partial charge in [-0.3, -0.25) is 9.58 Å². The van der Waals surface area contributed by atoms with Crippen molar-refractivity contribution in [2.45, 2.75) is 72.1 Å². The highest BCUT2D eigenvalue weighted by atomic mass is 35.5. The van der Waals surface area contributed by atoms with Gasteiger partial charge in [0, 0.05) is 31.7 Å². The average molecular weight is 313 g/mol. The van der Waals surface area contributed by atoms with E-state index in [0.717, 1.165) is 42.6 Å². The summed E-state index contributed by atoms with van der Waals surface area (Å²) in [5, 5.41) is 9.00. The van der Waals surface area contributed by atoms with Gasteiger partial charge in [0.25, 0.3) is 0 Å². The smallest absolute Gasteiger partial charge is 0.0860 e. The Bertz CT molecular complexity index is 449. The predicted octanol–water partition coefficient (Wildman–Crippen LogP) is 3.22. The molecule has 5 heteroatoms. The summed E-state index contributed by atoms with van der Waals surface area (Å²) >= 11 is 6.46. The van der Waals surface area contributed by atoms with Crippen molar-refractivity contribution >= 4 is 11.6 Å². The van der Waals surface area contributed by atoms with Crippen LogP contribution in [-0.2, 0) is 13.1 Å². The summed E-state index contributed by atoms with van der Waals surface area (Å²) in [5.41, 5.74) is 2.09. The quantitative estimate of drug-likeness (QED) is 0.875. The van der Waals surface area contributed by atoms with Crippen molar-refractivity contribution < 1.29 is 0 Å². The second-order valence-corrected chi connectivity index (χ2v) is 6.71. The molecule has 1 aliphatic rings. The molecule has 1 unspecified atom stereocenters. The number of piperidine rings is 1. The van der Waals surface area contributed by atoms with E-state index in [1.165, 1.54) is 19.3 Å². The third-order valence-electron chi connectivity index (χ3n) is 4.40. The number of hydrogen-bond acceptors (Lipinski definition) is 3. The molecule has 1 atom stereocenters. The fraction of sp³-hybridized carbons (Fsp3) is 0.812. The number of nitrogens with one attached hydrogen (secondary N) is 1. The van der Waals surface area contributed by atoms with Crippen molar-refractivity contribution in [1.29, 1.82) is 0 Å². The molecular formula is C16H29ClN4. The van der Waals surface area contributed by atoms with Gasteiger partial charge in [-0.25, -0.2) is 0 Å². The molecule has 0 spiro atoms. The Morgan fingerprint density at radius 3 is 2.76 bits per heavy atom. The van der Waals surface area contributed by atoms with Gasteiger partial charge in [0.2, 0.25) is 0 Å². The van der Waals surface area contributed by atoms with Crippen LogP contribution in [0.4, 0.5) is 0 Å². The van der Waals surface area contributed by atoms with Gasteiger partial charge in [0.1, 0.15) is 0 Å². The number of aryl methyl sites for hydroxylation is 2. The highest BCUT2D eigenvalue weighted by molar-refractivity contribution is 6.31. The molecule has 1 aromatic rings. The predicted molar refractivity (Wildman–Crippen MR) is 88.8 cm³/mol. The summed E-state index contributed by atoms with van der Waals surface area (Å²) in [5.74, 6) is 0. The Hall–Kier alpha value is -0.580. The van der Waals surface area contributed by atoms with Gasteiger partial charge in [0.05, 0.1) is 16.4 Å². The van der Waals surface area contributed by atoms with Crippen LogP contribution in [0.5, 0.6) is 0 Å². The van der Waals surface area contributed by atoms with Gasteiger partial charge in [-0.15, -0.1) is 0 Å². The molecular weight excluding hydrogens is 284 g/mol. The van der Waals surface area contributed by atoms with E-state index in [0.29, 0.717) is 12.1 Å². The van der Waals surface area contributed by atoms with Crippen LogP contribution >= 0.6 is 11.6 Å². The molecule has 21 heavy (non-hydrogen) atoms. The lowest BCUT2D eigenvalue weighted by molar-refractivity contribution is 0.172. The average Bonchev–Trinajstić information content (AvgIpc) is 2.75. The van der Waals surface area contributed by atoms with E-state index in [1.807, 2.05) is 11.6 Å². The number of halogens is 1. The molecule has 0 bridgehead atoms. The summed E-state index contributed by atoms with van der Waals surface area (Å²) in [7, 11) is 0. The van der Waals surface area contributed by atoms with E-state index in [-0.39, 0.29) is 0 Å². The van der Waals surface area contributed by atoms with Crippen LogP contribution in [0.25, 0.3) is 0 Å². The first-order valence-electron chi connectivity index (χ1n) is 8.22. The molecule has 1 saturated heterocycles. The minimum Gasteiger partial charge on any atom is -0.313 e. The molecule has 1 aromatic heterocycles. The molecule has 0 radical (unpaired) electrons. The molecule has 1 fully saturated rings. The molecule has 120 valence electrons. The topological polar surface area (TPSA) is 33.1 Å². The third kappa shape index (κ3) is 4.21. The Labute approximate surface area is 133 Å². The first kappa shape index (κ1) is 16.8. The number of rotatable bonds is 6. The van der Waals surface area contributed by atoms with Crippen LogP contribution in [0.3, 0.4) is 0 Å². The summed E-state index contributed by atoms with van der Waals surface area (Å²) in [6.07, 6.45) is 3.94. The van der Waals surface area contributed by atoms with Crippen LogP contribution in [0, 0.1) is 6.92 Å². The number of aromatic nitrogens is 2. The van der Waals surface area contributed by atoms with Gasteiger partial charge in [-0.05, 0) is 47.1 Å². The largest absolute Gasteiger partial charge is 0.313 e. The van der Waals surface area contributed by atoms with E-state index >= 15 is 0 Å². The maximum Gasteiger partial charge on any atom is 0.0860 e. The monoisotopic (exact) mass is 312 g/mol. The van der Waals surface area contributed by atoms with E-state index in [4.69, 9.17) is 11.6 Å². The fourth-order valence-corrected chi connectivity index (χ4v) is 3.23. The SMILES string of the molecule is CCn1nc(C)c(Cl)c1CN(CC1CCCCN1)C(C)C. The Kier molecular flexibility index (Phi) is 6.08. The van der Waals surface area contributed by atoms with Gasteiger partial charge in [-0.1, -0.05) is 18.0 Å². The maximum atomic E-state index is 6.46. The molecule has 0 amide bonds. The zero-order valence-electron chi connectivity index (χ0n) is 13.8. The van der Waals surface area contributed by atoms with Crippen LogP contribution in [0.15, 0.2) is 0 Å². The molecule has 0 saturated carbocycles. The summed E-state index contributed by atoms with van der Waals surface area (Å²) in [6, 6.07) is 1.12. The molecule has 2 heterocycles. The van der Waals surface area contributed by atoms with Crippen LogP contribution < -0.4 is 5.32 Å². The molecule has 0 aromatic carbocycles. The van der Waals surface area contributed by atoms with E-state index in [2.05, 4.69) is 36.1 Å². The normalized spacial score (nSPS) is 19.7. The Morgan fingerprint density at radius 2 is 2.19 bits per heavy atom. The van der Waals surface area contributed by atoms with Crippen molar-refractivity contribution in [3.8, 4) is 0 Å². The van der Waals surface area contributed by atoms with Crippen LogP contribution in [0.2, 0.25) is 5.02 Å². The van der Waals surface area contributed by atoms with Gasteiger partial charge < -0.3 is 5.32 Å². The summed E-state index contributed by atoms with van der Waals surface area (Å²) in [4.78, 5) is 2.51. The van der Waals surface area contributed by atoms with E-state index < -0.39 is 0 Å². The van der Waals surface area contributed by atoms with Gasteiger partial charge in [-0.2, -0.15) is 5.10 Å². The first-order chi connectivity index (χ1) is 10.0. The van der Waals surface area contributed by atoms with Crippen LogP contribution in [0.1, 0.15) is 51.4 Å². The fourth-order valence-electron chi connectivity index (χ4n) is 3.03. The molecule has 1 N–H and O–H groups in total. The lowest BCUT2D eigenvalue weighted by atomic mass is 10.0. The van der Waals surface area contributed by atoms with Crippen molar-refractivity contribution in [1.82, 2.24) is 20.0 Å². The molecule has 2 rings (SSSR count). The highest BCUT2D eigenvalue weighted by Gasteiger charge is 2.22. The maximum absolute atomic E-state index is 6.46. The number of hydrogen-bond donors (Lipinski definition) is 1. The second-order valence-electron chi connectivity index (χ2n) is 6.33. The van der Waals surface area contributed by atoms with Crippen molar-refractivity contribution in [2.75, 3.05) is 13.1 Å². The van der Waals surface area contributed by atoms with Crippen molar-refractivity contribution in [3.63, 3.8) is 0 Å². The first-order valence-corrected chi connectivity index (χ1v) is 8.60. The summed E-state index contributed by atoms with van der Waals surface area (Å²) < 4.78 is 2.04. The lowest BCUT2D eigenvalue weighted by Crippen LogP contribution is -2.45. The Morgan fingerprint density at radius 1 is 1.43 bits per heavy atom. The highest BCUT2D eigenvalue weighted by Crippen LogP contribution is 2.23. The molecule has 1 aliphatic heterocycles. The van der Waals surface area contributed by atoms with Crippen LogP contribution in [-0.4, -0.2) is 39.9 Å². The lowest BCUT2D eigenvalue weighted by Gasteiger charge is -2.33. The van der Waals surface area contributed by atoms with Crippen molar-refractivity contribution in [2.24, 2.45) is 0 Å². The molecule has 4 nitrogen and oxygen atoms in total. The minimum atomic E-state index is 0.505. The third-order valence-corrected chi connectivity index (χ3v) is 4.89. The van der Waals surface area contributed by atoms with E-state index in [1.54, 1.807) is 0 Å². The Balaban J connectivity index is 2.08. The standard InChI is InChI=1S/C16H29ClN4/c1-5-21-15(16(17)13(4)19-21)11-20(12(2)3)10-14-8-6-7-9-18-14/h12,14,18H,5-11H2,1-4H3. The van der Waals surface area contributed by atoms with E-state index in [9.17, 15) is 0 Å².